The first kappa shape index (κ1) is 12.6. The molecule has 4 nitrogen and oxygen atoms in total. The minimum absolute atomic E-state index is 0. The Kier molecular flexibility index (Phi) is 8.89. The molecule has 0 aromatic carbocycles. The third kappa shape index (κ3) is 10.8. The molecular formula is C5H7NaO4. The molecule has 0 spiro atoms. The molecule has 0 aliphatic rings. The topological polar surface area (TPSA) is 80.3 Å². The van der Waals surface area contributed by atoms with Crippen LogP contribution in [0.3, 0.4) is 0 Å². The standard InChI is InChI=1S/C5H8O4.Na/c6-4(7)2-1-3-5(8)9;/h1-3H2,(H,6,7)(H,8,9);/q;+1/p-1. The van der Waals surface area contributed by atoms with E-state index in [0.717, 1.165) is 0 Å². The number of rotatable bonds is 4. The Morgan fingerprint density at radius 3 is 1.60 bits per heavy atom. The molecule has 52 valence electrons. The van der Waals surface area contributed by atoms with Crippen molar-refractivity contribution in [3.8, 4) is 0 Å². The molecule has 0 saturated heterocycles. The average Bonchev–Trinajstić information content (AvgIpc) is 1.63. The van der Waals surface area contributed by atoms with Gasteiger partial charge in [-0.1, -0.05) is 0 Å². The van der Waals surface area contributed by atoms with Crippen LogP contribution in [0.4, 0.5) is 0 Å². The van der Waals surface area contributed by atoms with Crippen LogP contribution in [-0.2, 0) is 9.59 Å². The molecular weight excluding hydrogens is 147 g/mol. The molecule has 0 bridgehead atoms. The smallest absolute Gasteiger partial charge is 0.550 e. The Morgan fingerprint density at radius 1 is 1.10 bits per heavy atom. The molecule has 0 fully saturated rings. The molecule has 0 aromatic heterocycles. The molecule has 0 N–H and O–H groups in total. The number of carboxylic acids is 2. The zero-order valence-electron chi connectivity index (χ0n) is 6.75. The van der Waals surface area contributed by atoms with Gasteiger partial charge in [-0.05, 0) is 19.3 Å². The van der Waals surface area contributed by atoms with E-state index in [4.69, 9.17) is 0 Å². The monoisotopic (exact) mass is 154 g/mol. The van der Waals surface area contributed by atoms with E-state index in [1.165, 1.54) is 0 Å². The van der Waals surface area contributed by atoms with Crippen LogP contribution in [0.15, 0.2) is 0 Å². The first-order valence-corrected chi connectivity index (χ1v) is 2.52. The summed E-state index contributed by atoms with van der Waals surface area (Å²) in [5.74, 6) is -2.45. The van der Waals surface area contributed by atoms with Gasteiger partial charge in [0.2, 0.25) is 0 Å². The van der Waals surface area contributed by atoms with Crippen molar-refractivity contribution in [2.24, 2.45) is 0 Å². The van der Waals surface area contributed by atoms with Crippen LogP contribution < -0.4 is 39.8 Å². The number of carboxylic acid groups (broad SMARTS) is 2. The van der Waals surface area contributed by atoms with Crippen LogP contribution in [0.2, 0.25) is 0 Å². The van der Waals surface area contributed by atoms with Crippen molar-refractivity contribution < 1.29 is 50.8 Å². The van der Waals surface area contributed by atoms with Gasteiger partial charge in [0, 0.05) is 11.9 Å². The van der Waals surface area contributed by atoms with Crippen molar-refractivity contribution in [3.63, 3.8) is 0 Å². The second-order valence-electron chi connectivity index (χ2n) is 1.60. The molecule has 0 aliphatic heterocycles. The molecule has 0 atom stereocenters. The fraction of sp³-hybridized carbons (Fsp3) is 0.600. The van der Waals surface area contributed by atoms with Crippen LogP contribution in [0.1, 0.15) is 20.7 Å². The van der Waals surface area contributed by atoms with Crippen LogP contribution in [0, 0.1) is 0 Å². The quantitative estimate of drug-likeness (QED) is 0.379. The molecule has 0 aromatic rings. The fourth-order valence-electron chi connectivity index (χ4n) is 0.377. The minimum Gasteiger partial charge on any atom is -0.550 e. The molecule has 0 amide bonds. The number of carbonyl (C=O) groups is 2. The Bertz CT molecular complexity index is 114. The van der Waals surface area contributed by atoms with Crippen LogP contribution in [0.25, 0.3) is 0 Å². The van der Waals surface area contributed by atoms with E-state index in [1.807, 2.05) is 0 Å². The molecule has 10 heavy (non-hydrogen) atoms. The van der Waals surface area contributed by atoms with E-state index >= 15 is 0 Å². The van der Waals surface area contributed by atoms with Crippen molar-refractivity contribution >= 4 is 11.9 Å². The third-order valence-electron chi connectivity index (χ3n) is 0.762. The maximum atomic E-state index is 9.66. The zero-order valence-corrected chi connectivity index (χ0v) is 7.75. The first-order valence-electron chi connectivity index (χ1n) is 2.52. The molecule has 0 saturated carbocycles. The van der Waals surface area contributed by atoms with Gasteiger partial charge in [-0.2, -0.15) is 0 Å². The number of hydrogen-bond acceptors (Lipinski definition) is 4. The van der Waals surface area contributed by atoms with Crippen LogP contribution >= 0.6 is 0 Å². The molecule has 0 aliphatic carbocycles. The summed E-state index contributed by atoms with van der Waals surface area (Å²) >= 11 is 0. The van der Waals surface area contributed by atoms with Gasteiger partial charge >= 0.3 is 31.0 Å². The minimum atomic E-state index is -1.23. The van der Waals surface area contributed by atoms with E-state index < -0.39 is 11.9 Å². The molecule has 0 radical (unpaired) electrons. The summed E-state index contributed by atoms with van der Waals surface area (Å²) in [7, 11) is 0. The van der Waals surface area contributed by atoms with Gasteiger partial charge in [-0.15, -0.1) is 0 Å². The van der Waals surface area contributed by atoms with Crippen molar-refractivity contribution in [3.05, 3.63) is 0 Å². The average molecular weight is 154 g/mol. The van der Waals surface area contributed by atoms with Gasteiger partial charge in [0.25, 0.3) is 0 Å². The molecule has 0 rings (SSSR count). The van der Waals surface area contributed by atoms with Crippen molar-refractivity contribution in [2.75, 3.05) is 0 Å². The van der Waals surface area contributed by atoms with E-state index in [9.17, 15) is 19.8 Å². The summed E-state index contributed by atoms with van der Waals surface area (Å²) in [5, 5.41) is 19.3. The zero-order chi connectivity index (χ0) is 7.28. The summed E-state index contributed by atoms with van der Waals surface area (Å²) in [6.07, 6.45) is -0.341. The van der Waals surface area contributed by atoms with E-state index in [1.54, 1.807) is 0 Å². The number of hydrogen-bond donors (Lipinski definition) is 0. The largest absolute Gasteiger partial charge is 1.00 e. The third-order valence-corrected chi connectivity index (χ3v) is 0.762. The predicted molar refractivity (Wildman–Crippen MR) is 25.0 cm³/mol. The fourth-order valence-corrected chi connectivity index (χ4v) is 0.377. The van der Waals surface area contributed by atoms with Gasteiger partial charge in [0.1, 0.15) is 0 Å². The van der Waals surface area contributed by atoms with Crippen LogP contribution in [-0.4, -0.2) is 11.9 Å². The summed E-state index contributed by atoms with van der Waals surface area (Å²) in [6, 6.07) is 0. The maximum Gasteiger partial charge on any atom is 1.00 e. The van der Waals surface area contributed by atoms with E-state index in [2.05, 4.69) is 0 Å². The summed E-state index contributed by atoms with van der Waals surface area (Å²) in [5.41, 5.74) is 0. The number of carbonyl (C=O) groups excluding carboxylic acids is 2. The van der Waals surface area contributed by atoms with Gasteiger partial charge < -0.3 is 19.8 Å². The summed E-state index contributed by atoms with van der Waals surface area (Å²) in [6.45, 7) is 0. The van der Waals surface area contributed by atoms with E-state index in [-0.39, 0.29) is 50.2 Å². The van der Waals surface area contributed by atoms with Gasteiger partial charge in [0.15, 0.2) is 0 Å². The Hall–Kier alpha value is -0.0600. The van der Waals surface area contributed by atoms with Gasteiger partial charge in [0.05, 0.1) is 0 Å². The Labute approximate surface area is 82.0 Å². The second kappa shape index (κ2) is 7.05. The van der Waals surface area contributed by atoms with Gasteiger partial charge in [-0.3, -0.25) is 0 Å². The van der Waals surface area contributed by atoms with Crippen LogP contribution in [0.5, 0.6) is 0 Å². The maximum absolute atomic E-state index is 9.66. The normalized spacial score (nSPS) is 8.00. The SMILES string of the molecule is O=C([O-])CCCC(=O)[O-].[H+].[Na+]. The molecule has 0 unspecified atom stereocenters. The van der Waals surface area contributed by atoms with Crippen molar-refractivity contribution in [1.82, 2.24) is 0 Å². The number of aliphatic carboxylic acids is 2. The van der Waals surface area contributed by atoms with E-state index in [0.29, 0.717) is 0 Å². The van der Waals surface area contributed by atoms with Crippen molar-refractivity contribution in [2.45, 2.75) is 19.3 Å². The molecule has 5 heteroatoms. The van der Waals surface area contributed by atoms with Crippen molar-refractivity contribution in [1.29, 1.82) is 0 Å². The van der Waals surface area contributed by atoms with Gasteiger partial charge in [-0.25, -0.2) is 0 Å². The summed E-state index contributed by atoms with van der Waals surface area (Å²) < 4.78 is 0. The summed E-state index contributed by atoms with van der Waals surface area (Å²) in [4.78, 5) is 19.3. The Balaban J connectivity index is -0.000000320. The Morgan fingerprint density at radius 2 is 1.40 bits per heavy atom. The molecule has 0 heterocycles. The first-order chi connectivity index (χ1) is 4.13. The predicted octanol–water partition coefficient (Wildman–Crippen LogP) is -5.23. The second-order valence-corrected chi connectivity index (χ2v) is 1.60.